The first-order valence-electron chi connectivity index (χ1n) is 11.8. The highest BCUT2D eigenvalue weighted by atomic mass is 16.5. The summed E-state index contributed by atoms with van der Waals surface area (Å²) in [6.45, 7) is 3.31. The second-order valence-corrected chi connectivity index (χ2v) is 9.01. The van der Waals surface area contributed by atoms with Crippen LogP contribution >= 0.6 is 0 Å². The number of carbonyl (C=O) groups excluding carboxylic acids is 2. The molecule has 2 N–H and O–H groups in total. The number of nitrogens with zero attached hydrogens (tertiary/aromatic N) is 1. The lowest BCUT2D eigenvalue weighted by Crippen LogP contribution is -2.42. The summed E-state index contributed by atoms with van der Waals surface area (Å²) in [6, 6.07) is 9.92. The normalized spacial score (nSPS) is 15.6. The van der Waals surface area contributed by atoms with Gasteiger partial charge in [-0.25, -0.2) is 0 Å². The second kappa shape index (κ2) is 11.9. The highest BCUT2D eigenvalue weighted by molar-refractivity contribution is 5.99. The van der Waals surface area contributed by atoms with E-state index in [4.69, 9.17) is 9.47 Å². The van der Waals surface area contributed by atoms with Crippen LogP contribution in [0, 0.1) is 0 Å². The zero-order chi connectivity index (χ0) is 24.6. The maximum Gasteiger partial charge on any atom is 0.257 e. The van der Waals surface area contributed by atoms with Crippen molar-refractivity contribution in [2.45, 2.75) is 50.6 Å². The van der Waals surface area contributed by atoms with E-state index in [0.29, 0.717) is 26.3 Å². The molecule has 0 spiro atoms. The first-order valence-corrected chi connectivity index (χ1v) is 11.8. The lowest BCUT2D eigenvalue weighted by atomic mass is 9.79. The molecule has 8 heteroatoms. The van der Waals surface area contributed by atoms with Crippen molar-refractivity contribution in [3.8, 4) is 0 Å². The largest absolute Gasteiger partial charge is 0.383 e. The Hall–Kier alpha value is -2.97. The minimum atomic E-state index is -0.589. The SMILES string of the molecule is COCCn1cc(C(=O)NCC2(c3ccccc3)CCCC2)c(=O)c(C(=O)N[C@@H](C)COC)c1. The number of amides is 2. The number of aromatic nitrogens is 1. The fourth-order valence-corrected chi connectivity index (χ4v) is 4.63. The molecule has 1 atom stereocenters. The Labute approximate surface area is 200 Å². The maximum absolute atomic E-state index is 13.2. The summed E-state index contributed by atoms with van der Waals surface area (Å²) in [5, 5.41) is 5.75. The molecule has 0 unspecified atom stereocenters. The van der Waals surface area contributed by atoms with E-state index >= 15 is 0 Å². The average Bonchev–Trinajstić information content (AvgIpc) is 3.32. The number of ether oxygens (including phenoxy) is 2. The van der Waals surface area contributed by atoms with Crippen molar-refractivity contribution in [2.75, 3.05) is 34.0 Å². The van der Waals surface area contributed by atoms with Crippen LogP contribution in [-0.4, -0.2) is 56.4 Å². The summed E-state index contributed by atoms with van der Waals surface area (Å²) >= 11 is 0. The number of benzene rings is 1. The third-order valence-electron chi connectivity index (χ3n) is 6.45. The number of methoxy groups -OCH3 is 2. The van der Waals surface area contributed by atoms with E-state index in [2.05, 4.69) is 22.8 Å². The average molecular weight is 470 g/mol. The smallest absolute Gasteiger partial charge is 0.257 e. The van der Waals surface area contributed by atoms with Crippen molar-refractivity contribution in [1.82, 2.24) is 15.2 Å². The maximum atomic E-state index is 13.2. The fraction of sp³-hybridized carbons (Fsp3) is 0.500. The molecule has 1 aliphatic rings. The van der Waals surface area contributed by atoms with Gasteiger partial charge in [0.15, 0.2) is 0 Å². The molecular formula is C26H35N3O5. The number of nitrogens with one attached hydrogen (secondary N) is 2. The van der Waals surface area contributed by atoms with Crippen LogP contribution in [0.3, 0.4) is 0 Å². The molecular weight excluding hydrogens is 434 g/mol. The lowest BCUT2D eigenvalue weighted by Gasteiger charge is -2.30. The third kappa shape index (κ3) is 6.12. The monoisotopic (exact) mass is 469 g/mol. The molecule has 1 fully saturated rings. The summed E-state index contributed by atoms with van der Waals surface area (Å²) in [6.07, 6.45) is 7.13. The first kappa shape index (κ1) is 25.6. The first-order chi connectivity index (χ1) is 16.4. The Morgan fingerprint density at radius 3 is 2.29 bits per heavy atom. The molecule has 1 aromatic heterocycles. The van der Waals surface area contributed by atoms with E-state index in [1.54, 1.807) is 18.6 Å². The van der Waals surface area contributed by atoms with Gasteiger partial charge in [-0.15, -0.1) is 0 Å². The van der Waals surface area contributed by atoms with Crippen LogP contribution in [0.5, 0.6) is 0 Å². The fourth-order valence-electron chi connectivity index (χ4n) is 4.63. The standard InChI is InChI=1S/C26H35N3O5/c1-19(17-34-3)28-25(32)22-16-29(13-14-33-2)15-21(23(22)30)24(31)27-18-26(11-7-8-12-26)20-9-5-4-6-10-20/h4-6,9-10,15-16,19H,7-8,11-14,17-18H2,1-3H3,(H,27,31)(H,28,32)/t19-/m0/s1. The van der Waals surface area contributed by atoms with Gasteiger partial charge in [-0.1, -0.05) is 43.2 Å². The third-order valence-corrected chi connectivity index (χ3v) is 6.45. The van der Waals surface area contributed by atoms with Crippen LogP contribution in [0.1, 0.15) is 58.9 Å². The van der Waals surface area contributed by atoms with Crippen molar-refractivity contribution >= 4 is 11.8 Å². The molecule has 3 rings (SSSR count). The van der Waals surface area contributed by atoms with Gasteiger partial charge in [0.2, 0.25) is 5.43 Å². The predicted octanol–water partition coefficient (Wildman–Crippen LogP) is 2.50. The zero-order valence-electron chi connectivity index (χ0n) is 20.3. The minimum absolute atomic E-state index is 0.0515. The summed E-state index contributed by atoms with van der Waals surface area (Å²) < 4.78 is 11.8. The van der Waals surface area contributed by atoms with Gasteiger partial charge in [-0.2, -0.15) is 0 Å². The van der Waals surface area contributed by atoms with Gasteiger partial charge >= 0.3 is 0 Å². The van der Waals surface area contributed by atoms with Gasteiger partial charge in [0.05, 0.1) is 13.2 Å². The molecule has 2 aromatic rings. The molecule has 1 saturated carbocycles. The highest BCUT2D eigenvalue weighted by Crippen LogP contribution is 2.40. The van der Waals surface area contributed by atoms with Crippen LogP contribution < -0.4 is 16.1 Å². The van der Waals surface area contributed by atoms with Crippen molar-refractivity contribution < 1.29 is 19.1 Å². The molecule has 1 heterocycles. The van der Waals surface area contributed by atoms with Gasteiger partial charge in [-0.05, 0) is 25.3 Å². The molecule has 1 aliphatic carbocycles. The molecule has 0 bridgehead atoms. The number of pyridine rings is 1. The molecule has 0 aliphatic heterocycles. The molecule has 0 saturated heterocycles. The summed E-state index contributed by atoms with van der Waals surface area (Å²) in [4.78, 5) is 39.2. The van der Waals surface area contributed by atoms with E-state index in [0.717, 1.165) is 25.7 Å². The summed E-state index contributed by atoms with van der Waals surface area (Å²) in [5.74, 6) is -1.01. The lowest BCUT2D eigenvalue weighted by molar-refractivity contribution is 0.0903. The predicted molar refractivity (Wildman–Crippen MR) is 130 cm³/mol. The van der Waals surface area contributed by atoms with Crippen molar-refractivity contribution in [1.29, 1.82) is 0 Å². The van der Waals surface area contributed by atoms with Crippen molar-refractivity contribution in [3.63, 3.8) is 0 Å². The number of carbonyl (C=O) groups is 2. The Bertz CT molecular complexity index is 1030. The summed E-state index contributed by atoms with van der Waals surface area (Å²) in [5.41, 5.74) is 0.338. The van der Waals surface area contributed by atoms with E-state index in [1.807, 2.05) is 18.2 Å². The Balaban J connectivity index is 1.86. The molecule has 0 radical (unpaired) electrons. The Kier molecular flexibility index (Phi) is 9.01. The van der Waals surface area contributed by atoms with Crippen molar-refractivity contribution in [3.05, 3.63) is 69.6 Å². The van der Waals surface area contributed by atoms with Crippen LogP contribution in [0.2, 0.25) is 0 Å². The summed E-state index contributed by atoms with van der Waals surface area (Å²) in [7, 11) is 3.11. The van der Waals surface area contributed by atoms with E-state index < -0.39 is 17.2 Å². The number of hydrogen-bond donors (Lipinski definition) is 2. The topological polar surface area (TPSA) is 98.7 Å². The molecule has 184 valence electrons. The second-order valence-electron chi connectivity index (χ2n) is 9.01. The van der Waals surface area contributed by atoms with Gasteiger partial charge in [-0.3, -0.25) is 14.4 Å². The van der Waals surface area contributed by atoms with E-state index in [-0.39, 0.29) is 22.6 Å². The van der Waals surface area contributed by atoms with Crippen LogP contribution in [-0.2, 0) is 21.4 Å². The van der Waals surface area contributed by atoms with E-state index in [9.17, 15) is 14.4 Å². The Morgan fingerprint density at radius 2 is 1.68 bits per heavy atom. The quantitative estimate of drug-likeness (QED) is 0.527. The van der Waals surface area contributed by atoms with Crippen LogP contribution in [0.15, 0.2) is 47.5 Å². The molecule has 8 nitrogen and oxygen atoms in total. The molecule has 34 heavy (non-hydrogen) atoms. The van der Waals surface area contributed by atoms with Gasteiger partial charge in [0, 0.05) is 51.2 Å². The molecule has 2 amide bonds. The van der Waals surface area contributed by atoms with Crippen molar-refractivity contribution in [2.24, 2.45) is 0 Å². The molecule has 1 aromatic carbocycles. The van der Waals surface area contributed by atoms with Gasteiger partial charge in [0.25, 0.3) is 11.8 Å². The van der Waals surface area contributed by atoms with Crippen LogP contribution in [0.4, 0.5) is 0 Å². The Morgan fingerprint density at radius 1 is 1.03 bits per heavy atom. The number of hydrogen-bond acceptors (Lipinski definition) is 5. The highest BCUT2D eigenvalue weighted by Gasteiger charge is 2.36. The number of rotatable bonds is 11. The minimum Gasteiger partial charge on any atom is -0.383 e. The zero-order valence-corrected chi connectivity index (χ0v) is 20.3. The van der Waals surface area contributed by atoms with Crippen LogP contribution in [0.25, 0.3) is 0 Å². The van der Waals surface area contributed by atoms with E-state index in [1.165, 1.54) is 25.1 Å². The van der Waals surface area contributed by atoms with Gasteiger partial charge in [0.1, 0.15) is 11.1 Å². The van der Waals surface area contributed by atoms with Gasteiger partial charge < -0.3 is 24.7 Å².